The Balaban J connectivity index is 1.51. The lowest BCUT2D eigenvalue weighted by Crippen LogP contribution is -2.47. The largest absolute Gasteiger partial charge is 0.347 e. The van der Waals surface area contributed by atoms with Gasteiger partial charge in [-0.3, -0.25) is 19.3 Å². The topological polar surface area (TPSA) is 84.3 Å². The second kappa shape index (κ2) is 7.17. The maximum Gasteiger partial charge on any atom is 0.262 e. The number of imide groups is 1. The minimum Gasteiger partial charge on any atom is -0.347 e. The lowest BCUT2D eigenvalue weighted by atomic mass is 10.1. The monoisotopic (exact) mass is 430 g/mol. The normalized spacial score (nSPS) is 14.4. The van der Waals surface area contributed by atoms with Gasteiger partial charge in [-0.25, -0.2) is 4.98 Å². The Hall–Kier alpha value is -2.90. The Labute approximate surface area is 176 Å². The van der Waals surface area contributed by atoms with Gasteiger partial charge in [0.15, 0.2) is 0 Å². The molecule has 0 spiro atoms. The molecule has 148 valence electrons. The van der Waals surface area contributed by atoms with Crippen molar-refractivity contribution in [3.63, 3.8) is 0 Å². The van der Waals surface area contributed by atoms with Gasteiger partial charge in [0.1, 0.15) is 11.9 Å². The van der Waals surface area contributed by atoms with Crippen LogP contribution in [0, 0.1) is 0 Å². The number of hydrogen-bond acceptors (Lipinski definition) is 4. The molecule has 0 bridgehead atoms. The van der Waals surface area contributed by atoms with E-state index in [1.54, 1.807) is 0 Å². The van der Waals surface area contributed by atoms with Crippen LogP contribution in [0.25, 0.3) is 11.0 Å². The number of imidazole rings is 1. The van der Waals surface area contributed by atoms with Gasteiger partial charge in [-0.05, 0) is 31.2 Å². The molecule has 3 amide bonds. The van der Waals surface area contributed by atoms with Crippen molar-refractivity contribution in [2.24, 2.45) is 7.05 Å². The SMILES string of the molecule is CC(C(=O)NCc1nc2ccccc2n1C)N1C(=O)c2cc(Cl)c(Cl)cc2C1=O. The van der Waals surface area contributed by atoms with Gasteiger partial charge in [-0.2, -0.15) is 0 Å². The first-order valence-corrected chi connectivity index (χ1v) is 9.60. The molecule has 0 saturated heterocycles. The van der Waals surface area contributed by atoms with E-state index in [1.807, 2.05) is 35.9 Å². The fraction of sp³-hybridized carbons (Fsp3) is 0.200. The van der Waals surface area contributed by atoms with E-state index >= 15 is 0 Å². The molecule has 0 saturated carbocycles. The average Bonchev–Trinajstić information content (AvgIpc) is 3.14. The molecule has 1 atom stereocenters. The number of carbonyl (C=O) groups is 3. The molecule has 3 aromatic rings. The summed E-state index contributed by atoms with van der Waals surface area (Å²) in [5, 5.41) is 3.09. The van der Waals surface area contributed by atoms with Crippen LogP contribution >= 0.6 is 23.2 Å². The Morgan fingerprint density at radius 3 is 2.28 bits per heavy atom. The van der Waals surface area contributed by atoms with E-state index in [0.717, 1.165) is 15.9 Å². The molecule has 9 heteroatoms. The zero-order valence-electron chi connectivity index (χ0n) is 15.6. The van der Waals surface area contributed by atoms with E-state index in [1.165, 1.54) is 19.1 Å². The number of para-hydroxylation sites is 2. The van der Waals surface area contributed by atoms with Gasteiger partial charge in [0.05, 0.1) is 38.8 Å². The molecule has 29 heavy (non-hydrogen) atoms. The number of aromatic nitrogens is 2. The molecular formula is C20H16Cl2N4O3. The fourth-order valence-electron chi connectivity index (χ4n) is 3.39. The zero-order chi connectivity index (χ0) is 20.9. The van der Waals surface area contributed by atoms with Crippen molar-refractivity contribution >= 4 is 52.0 Å². The number of rotatable bonds is 4. The summed E-state index contributed by atoms with van der Waals surface area (Å²) >= 11 is 11.9. The number of halogens is 2. The van der Waals surface area contributed by atoms with E-state index in [0.29, 0.717) is 5.82 Å². The van der Waals surface area contributed by atoms with E-state index in [2.05, 4.69) is 10.3 Å². The van der Waals surface area contributed by atoms with Gasteiger partial charge in [0.25, 0.3) is 11.8 Å². The number of carbonyl (C=O) groups excluding carboxylic acids is 3. The summed E-state index contributed by atoms with van der Waals surface area (Å²) in [4.78, 5) is 43.4. The molecule has 1 N–H and O–H groups in total. The highest BCUT2D eigenvalue weighted by Crippen LogP contribution is 2.32. The summed E-state index contributed by atoms with van der Waals surface area (Å²) in [6, 6.07) is 9.32. The predicted molar refractivity (Wildman–Crippen MR) is 109 cm³/mol. The summed E-state index contributed by atoms with van der Waals surface area (Å²) in [5.41, 5.74) is 2.04. The van der Waals surface area contributed by atoms with Crippen LogP contribution in [0.2, 0.25) is 10.0 Å². The highest BCUT2D eigenvalue weighted by molar-refractivity contribution is 6.43. The molecule has 0 fully saturated rings. The Bertz CT molecular complexity index is 1150. The summed E-state index contributed by atoms with van der Waals surface area (Å²) in [6.07, 6.45) is 0. The Morgan fingerprint density at radius 1 is 1.10 bits per heavy atom. The molecular weight excluding hydrogens is 415 g/mol. The van der Waals surface area contributed by atoms with E-state index < -0.39 is 23.8 Å². The number of fused-ring (bicyclic) bond motifs is 2. The molecule has 2 aromatic carbocycles. The number of amides is 3. The van der Waals surface area contributed by atoms with Crippen molar-refractivity contribution in [2.45, 2.75) is 19.5 Å². The first kappa shape index (κ1) is 19.4. The fourth-order valence-corrected chi connectivity index (χ4v) is 3.72. The van der Waals surface area contributed by atoms with E-state index in [4.69, 9.17) is 23.2 Å². The third kappa shape index (κ3) is 3.16. The molecule has 7 nitrogen and oxygen atoms in total. The molecule has 2 heterocycles. The van der Waals surface area contributed by atoms with Gasteiger partial charge >= 0.3 is 0 Å². The molecule has 0 radical (unpaired) electrons. The molecule has 1 aliphatic heterocycles. The minimum atomic E-state index is -1.00. The van der Waals surface area contributed by atoms with Gasteiger partial charge in [0, 0.05) is 7.05 Å². The first-order chi connectivity index (χ1) is 13.8. The van der Waals surface area contributed by atoms with Crippen LogP contribution in [0.1, 0.15) is 33.5 Å². The lowest BCUT2D eigenvalue weighted by Gasteiger charge is -2.21. The lowest BCUT2D eigenvalue weighted by molar-refractivity contribution is -0.124. The maximum absolute atomic E-state index is 12.7. The number of nitrogens with zero attached hydrogens (tertiary/aromatic N) is 3. The average molecular weight is 431 g/mol. The summed E-state index contributed by atoms with van der Waals surface area (Å²) in [6.45, 7) is 1.66. The molecule has 1 aromatic heterocycles. The van der Waals surface area contributed by atoms with Crippen LogP contribution in [0.5, 0.6) is 0 Å². The summed E-state index contributed by atoms with van der Waals surface area (Å²) in [5.74, 6) is -0.959. The molecule has 1 aliphatic rings. The van der Waals surface area contributed by atoms with Crippen molar-refractivity contribution in [1.82, 2.24) is 19.8 Å². The summed E-state index contributed by atoms with van der Waals surface area (Å²) in [7, 11) is 1.86. The number of hydrogen-bond donors (Lipinski definition) is 1. The van der Waals surface area contributed by atoms with Gasteiger partial charge in [-0.1, -0.05) is 35.3 Å². The van der Waals surface area contributed by atoms with Crippen LogP contribution in [-0.4, -0.2) is 38.2 Å². The van der Waals surface area contributed by atoms with E-state index in [-0.39, 0.29) is 27.7 Å². The highest BCUT2D eigenvalue weighted by Gasteiger charge is 2.41. The Kier molecular flexibility index (Phi) is 4.80. The van der Waals surface area contributed by atoms with E-state index in [9.17, 15) is 14.4 Å². The van der Waals surface area contributed by atoms with Crippen molar-refractivity contribution in [3.05, 3.63) is 63.4 Å². The quantitative estimate of drug-likeness (QED) is 0.644. The van der Waals surface area contributed by atoms with Crippen LogP contribution in [0.15, 0.2) is 36.4 Å². The second-order valence-corrected chi connectivity index (χ2v) is 7.58. The molecule has 0 aliphatic carbocycles. The molecule has 1 unspecified atom stereocenters. The number of benzene rings is 2. The van der Waals surface area contributed by atoms with Crippen LogP contribution in [0.4, 0.5) is 0 Å². The van der Waals surface area contributed by atoms with Gasteiger partial charge in [0.2, 0.25) is 5.91 Å². The smallest absolute Gasteiger partial charge is 0.262 e. The minimum absolute atomic E-state index is 0.138. The van der Waals surface area contributed by atoms with Crippen molar-refractivity contribution in [1.29, 1.82) is 0 Å². The van der Waals surface area contributed by atoms with Crippen LogP contribution in [0.3, 0.4) is 0 Å². The Morgan fingerprint density at radius 2 is 1.69 bits per heavy atom. The van der Waals surface area contributed by atoms with Crippen molar-refractivity contribution < 1.29 is 14.4 Å². The first-order valence-electron chi connectivity index (χ1n) is 8.84. The maximum atomic E-state index is 12.7. The zero-order valence-corrected chi connectivity index (χ0v) is 17.1. The third-order valence-electron chi connectivity index (χ3n) is 5.03. The number of nitrogens with one attached hydrogen (secondary N) is 1. The van der Waals surface area contributed by atoms with Crippen LogP contribution in [-0.2, 0) is 18.4 Å². The molecule has 4 rings (SSSR count). The predicted octanol–water partition coefficient (Wildman–Crippen LogP) is 3.18. The van der Waals surface area contributed by atoms with Crippen molar-refractivity contribution in [3.8, 4) is 0 Å². The van der Waals surface area contributed by atoms with Gasteiger partial charge < -0.3 is 9.88 Å². The van der Waals surface area contributed by atoms with Crippen molar-refractivity contribution in [2.75, 3.05) is 0 Å². The van der Waals surface area contributed by atoms with Gasteiger partial charge in [-0.15, -0.1) is 0 Å². The standard InChI is InChI=1S/C20H16Cl2N4O3/c1-10(26-19(28)11-7-13(21)14(22)8-12(11)20(26)29)18(27)23-9-17-24-15-5-3-4-6-16(15)25(17)2/h3-8,10H,9H2,1-2H3,(H,23,27). The highest BCUT2D eigenvalue weighted by atomic mass is 35.5. The summed E-state index contributed by atoms with van der Waals surface area (Å²) < 4.78 is 1.88. The van der Waals surface area contributed by atoms with Crippen LogP contribution < -0.4 is 5.32 Å². The second-order valence-electron chi connectivity index (χ2n) is 6.76. The third-order valence-corrected chi connectivity index (χ3v) is 5.75. The number of aryl methyl sites for hydroxylation is 1.